The maximum Gasteiger partial charge on any atom is 0.323 e. The van der Waals surface area contributed by atoms with Crippen molar-refractivity contribution in [3.05, 3.63) is 52.9 Å². The van der Waals surface area contributed by atoms with E-state index in [1.165, 1.54) is 0 Å². The van der Waals surface area contributed by atoms with Gasteiger partial charge < -0.3 is 20.1 Å². The van der Waals surface area contributed by atoms with Crippen molar-refractivity contribution in [1.82, 2.24) is 4.98 Å². The number of methoxy groups -OCH3 is 2. The number of carbonyl (C=O) groups is 1. The molecule has 0 saturated heterocycles. The van der Waals surface area contributed by atoms with Crippen LogP contribution in [0.15, 0.2) is 47.8 Å². The van der Waals surface area contributed by atoms with Crippen molar-refractivity contribution in [3.8, 4) is 22.8 Å². The molecule has 0 aliphatic rings. The molecular weight excluding hydrogens is 350 g/mol. The van der Waals surface area contributed by atoms with Gasteiger partial charge in [0.05, 0.1) is 24.9 Å². The Hall–Kier alpha value is -3.06. The fraction of sp³-hybridized carbons (Fsp3) is 0.158. The van der Waals surface area contributed by atoms with Gasteiger partial charge in [0.2, 0.25) is 0 Å². The highest BCUT2D eigenvalue weighted by Crippen LogP contribution is 2.27. The van der Waals surface area contributed by atoms with Gasteiger partial charge in [0, 0.05) is 40.5 Å². The molecule has 7 heteroatoms. The van der Waals surface area contributed by atoms with E-state index in [2.05, 4.69) is 15.6 Å². The zero-order valence-electron chi connectivity index (χ0n) is 14.7. The Morgan fingerprint density at radius 3 is 2.31 bits per heavy atom. The summed E-state index contributed by atoms with van der Waals surface area (Å²) in [6.07, 6.45) is 0. The molecule has 0 aliphatic carbocycles. The van der Waals surface area contributed by atoms with E-state index in [1.807, 2.05) is 36.6 Å². The van der Waals surface area contributed by atoms with Crippen LogP contribution in [0.4, 0.5) is 16.2 Å². The number of aromatic nitrogens is 1. The van der Waals surface area contributed by atoms with Crippen LogP contribution in [-0.2, 0) is 0 Å². The number of hydrogen-bond acceptors (Lipinski definition) is 5. The minimum absolute atomic E-state index is 0.355. The molecule has 2 amide bonds. The van der Waals surface area contributed by atoms with E-state index >= 15 is 0 Å². The lowest BCUT2D eigenvalue weighted by Gasteiger charge is -2.11. The van der Waals surface area contributed by atoms with Crippen LogP contribution in [-0.4, -0.2) is 25.2 Å². The summed E-state index contributed by atoms with van der Waals surface area (Å²) in [6, 6.07) is 12.4. The first kappa shape index (κ1) is 17.8. The van der Waals surface area contributed by atoms with Gasteiger partial charge in [0.25, 0.3) is 0 Å². The van der Waals surface area contributed by atoms with Gasteiger partial charge in [-0.3, -0.25) is 0 Å². The number of nitrogens with one attached hydrogen (secondary N) is 2. The Bertz CT molecular complexity index is 902. The lowest BCUT2D eigenvalue weighted by molar-refractivity contribution is 0.262. The van der Waals surface area contributed by atoms with Gasteiger partial charge in [-0.2, -0.15) is 0 Å². The molecule has 1 heterocycles. The van der Waals surface area contributed by atoms with Crippen LogP contribution in [0.3, 0.4) is 0 Å². The Morgan fingerprint density at radius 1 is 1.00 bits per heavy atom. The molecule has 0 bridgehead atoms. The zero-order chi connectivity index (χ0) is 18.5. The zero-order valence-corrected chi connectivity index (χ0v) is 15.5. The third kappa shape index (κ3) is 4.31. The highest BCUT2D eigenvalue weighted by molar-refractivity contribution is 7.09. The Morgan fingerprint density at radius 2 is 1.69 bits per heavy atom. The molecule has 0 atom stereocenters. The first-order valence-electron chi connectivity index (χ1n) is 7.91. The van der Waals surface area contributed by atoms with Crippen molar-refractivity contribution in [1.29, 1.82) is 0 Å². The fourth-order valence-electron chi connectivity index (χ4n) is 2.43. The SMILES string of the molecule is COc1cc(NC(=O)Nc2cccc(-c3csc(C)n3)c2)cc(OC)c1. The molecule has 134 valence electrons. The largest absolute Gasteiger partial charge is 0.497 e. The number of carbonyl (C=O) groups excluding carboxylic acids is 1. The average Bonchev–Trinajstić information content (AvgIpc) is 3.08. The van der Waals surface area contributed by atoms with Crippen molar-refractivity contribution in [2.24, 2.45) is 0 Å². The van der Waals surface area contributed by atoms with Crippen LogP contribution < -0.4 is 20.1 Å². The number of hydrogen-bond donors (Lipinski definition) is 2. The minimum Gasteiger partial charge on any atom is -0.497 e. The molecule has 1 aromatic heterocycles. The summed E-state index contributed by atoms with van der Waals surface area (Å²) in [5, 5.41) is 8.61. The third-order valence-corrected chi connectivity index (χ3v) is 4.42. The lowest BCUT2D eigenvalue weighted by Crippen LogP contribution is -2.19. The molecule has 2 N–H and O–H groups in total. The maximum absolute atomic E-state index is 12.3. The van der Waals surface area contributed by atoms with E-state index in [-0.39, 0.29) is 6.03 Å². The average molecular weight is 369 g/mol. The topological polar surface area (TPSA) is 72.5 Å². The highest BCUT2D eigenvalue weighted by Gasteiger charge is 2.08. The van der Waals surface area contributed by atoms with E-state index in [1.54, 1.807) is 43.8 Å². The monoisotopic (exact) mass is 369 g/mol. The number of benzene rings is 2. The maximum atomic E-state index is 12.3. The predicted octanol–water partition coefficient (Wildman–Crippen LogP) is 4.78. The molecular formula is C19H19N3O3S. The van der Waals surface area contributed by atoms with E-state index in [0.29, 0.717) is 22.9 Å². The summed E-state index contributed by atoms with van der Waals surface area (Å²) in [7, 11) is 3.12. The van der Waals surface area contributed by atoms with Crippen LogP contribution >= 0.6 is 11.3 Å². The van der Waals surface area contributed by atoms with Crippen LogP contribution in [0.5, 0.6) is 11.5 Å². The van der Waals surface area contributed by atoms with Crippen LogP contribution in [0.2, 0.25) is 0 Å². The first-order chi connectivity index (χ1) is 12.6. The minimum atomic E-state index is -0.355. The molecule has 3 rings (SSSR count). The highest BCUT2D eigenvalue weighted by atomic mass is 32.1. The third-order valence-electron chi connectivity index (χ3n) is 3.64. The standard InChI is InChI=1S/C19H19N3O3S/c1-12-20-18(11-26-12)13-5-4-6-14(7-13)21-19(23)22-15-8-16(24-2)10-17(9-15)25-3/h4-11H,1-3H3,(H2,21,22,23). The van der Waals surface area contributed by atoms with Crippen molar-refractivity contribution in [2.45, 2.75) is 6.92 Å². The predicted molar refractivity (Wildman–Crippen MR) is 104 cm³/mol. The molecule has 0 aliphatic heterocycles. The smallest absolute Gasteiger partial charge is 0.323 e. The molecule has 3 aromatic rings. The second-order valence-corrected chi connectivity index (χ2v) is 6.58. The summed E-state index contributed by atoms with van der Waals surface area (Å²) in [6.45, 7) is 1.96. The number of urea groups is 1. The Balaban J connectivity index is 1.72. The van der Waals surface area contributed by atoms with E-state index in [9.17, 15) is 4.79 Å². The molecule has 0 saturated carbocycles. The number of ether oxygens (including phenoxy) is 2. The van der Waals surface area contributed by atoms with Gasteiger partial charge in [-0.15, -0.1) is 11.3 Å². The van der Waals surface area contributed by atoms with Crippen molar-refractivity contribution >= 4 is 28.7 Å². The summed E-state index contributed by atoms with van der Waals surface area (Å²) in [4.78, 5) is 16.8. The Kier molecular flexibility index (Phi) is 5.38. The summed E-state index contributed by atoms with van der Waals surface area (Å²) < 4.78 is 10.4. The quantitative estimate of drug-likeness (QED) is 0.679. The number of thiazole rings is 1. The van der Waals surface area contributed by atoms with Crippen molar-refractivity contribution < 1.29 is 14.3 Å². The fourth-order valence-corrected chi connectivity index (χ4v) is 3.05. The van der Waals surface area contributed by atoms with Crippen molar-refractivity contribution in [2.75, 3.05) is 24.9 Å². The van der Waals surface area contributed by atoms with Crippen LogP contribution in [0.1, 0.15) is 5.01 Å². The second-order valence-electron chi connectivity index (χ2n) is 5.51. The molecule has 0 spiro atoms. The second kappa shape index (κ2) is 7.88. The molecule has 0 unspecified atom stereocenters. The Labute approximate surface area is 155 Å². The molecule has 6 nitrogen and oxygen atoms in total. The molecule has 2 aromatic carbocycles. The number of nitrogens with zero attached hydrogens (tertiary/aromatic N) is 1. The van der Waals surface area contributed by atoms with Gasteiger partial charge >= 0.3 is 6.03 Å². The number of rotatable bonds is 5. The van der Waals surface area contributed by atoms with Crippen LogP contribution in [0, 0.1) is 6.92 Å². The van der Waals surface area contributed by atoms with E-state index in [4.69, 9.17) is 9.47 Å². The van der Waals surface area contributed by atoms with Gasteiger partial charge in [-0.05, 0) is 19.1 Å². The van der Waals surface area contributed by atoms with E-state index in [0.717, 1.165) is 16.3 Å². The summed E-state index contributed by atoms with van der Waals surface area (Å²) in [5.74, 6) is 1.20. The van der Waals surface area contributed by atoms with E-state index < -0.39 is 0 Å². The van der Waals surface area contributed by atoms with Gasteiger partial charge in [-0.25, -0.2) is 9.78 Å². The van der Waals surface area contributed by atoms with Gasteiger partial charge in [0.1, 0.15) is 11.5 Å². The molecule has 0 fully saturated rings. The molecule has 26 heavy (non-hydrogen) atoms. The normalized spacial score (nSPS) is 10.3. The van der Waals surface area contributed by atoms with Crippen molar-refractivity contribution in [3.63, 3.8) is 0 Å². The summed E-state index contributed by atoms with van der Waals surface area (Å²) in [5.41, 5.74) is 3.11. The lowest BCUT2D eigenvalue weighted by atomic mass is 10.1. The number of aryl methyl sites for hydroxylation is 1. The number of amides is 2. The number of anilines is 2. The summed E-state index contributed by atoms with van der Waals surface area (Å²) >= 11 is 1.59. The van der Waals surface area contributed by atoms with Gasteiger partial charge in [0.15, 0.2) is 0 Å². The first-order valence-corrected chi connectivity index (χ1v) is 8.79. The van der Waals surface area contributed by atoms with Gasteiger partial charge in [-0.1, -0.05) is 12.1 Å². The molecule has 0 radical (unpaired) electrons. The van der Waals surface area contributed by atoms with Crippen LogP contribution in [0.25, 0.3) is 11.3 Å².